The van der Waals surface area contributed by atoms with Crippen molar-refractivity contribution in [2.75, 3.05) is 13.1 Å². The second kappa shape index (κ2) is 8.87. The molecule has 0 radical (unpaired) electrons. The van der Waals surface area contributed by atoms with Gasteiger partial charge in [0, 0.05) is 13.1 Å². The molecule has 0 aliphatic carbocycles. The Hall–Kier alpha value is -1.30. The molecule has 0 aliphatic heterocycles. The summed E-state index contributed by atoms with van der Waals surface area (Å²) < 4.78 is 5.09. The Morgan fingerprint density at radius 3 is 2.14 bits per heavy atom. The van der Waals surface area contributed by atoms with Crippen molar-refractivity contribution in [3.05, 3.63) is 0 Å². The quantitative estimate of drug-likeness (QED) is 0.667. The molecule has 0 heterocycles. The van der Waals surface area contributed by atoms with Crippen molar-refractivity contribution in [2.24, 2.45) is 11.8 Å². The number of rotatable bonds is 7. The molecule has 6 heteroatoms. The average Bonchev–Trinajstić information content (AvgIpc) is 2.29. The fourth-order valence-corrected chi connectivity index (χ4v) is 1.66. The lowest BCUT2D eigenvalue weighted by Gasteiger charge is -2.21. The molecule has 0 aromatic heterocycles. The van der Waals surface area contributed by atoms with E-state index in [1.807, 2.05) is 13.8 Å². The monoisotopic (exact) mass is 302 g/mol. The van der Waals surface area contributed by atoms with Gasteiger partial charge in [-0.25, -0.2) is 4.79 Å². The van der Waals surface area contributed by atoms with E-state index in [1.165, 1.54) is 0 Å². The van der Waals surface area contributed by atoms with Crippen molar-refractivity contribution in [3.63, 3.8) is 0 Å². The van der Waals surface area contributed by atoms with Gasteiger partial charge in [0.2, 0.25) is 5.91 Å². The fourth-order valence-electron chi connectivity index (χ4n) is 1.66. The topological polar surface area (TPSA) is 87.7 Å². The van der Waals surface area contributed by atoms with Crippen molar-refractivity contribution >= 4 is 12.0 Å². The van der Waals surface area contributed by atoms with E-state index >= 15 is 0 Å². The molecule has 0 aromatic rings. The number of amides is 2. The second-order valence-corrected chi connectivity index (χ2v) is 6.81. The summed E-state index contributed by atoms with van der Waals surface area (Å²) in [4.78, 5) is 23.3. The van der Waals surface area contributed by atoms with Gasteiger partial charge in [0.1, 0.15) is 5.60 Å². The smallest absolute Gasteiger partial charge is 0.407 e. The van der Waals surface area contributed by atoms with Gasteiger partial charge in [-0.15, -0.1) is 0 Å². The van der Waals surface area contributed by atoms with E-state index in [-0.39, 0.29) is 24.9 Å². The molecule has 0 rings (SSSR count). The summed E-state index contributed by atoms with van der Waals surface area (Å²) in [6, 6.07) is 0. The summed E-state index contributed by atoms with van der Waals surface area (Å²) in [6.07, 6.45) is -0.438. The molecular formula is C15H30N2O4. The van der Waals surface area contributed by atoms with Crippen LogP contribution in [0.3, 0.4) is 0 Å². The second-order valence-electron chi connectivity index (χ2n) is 6.81. The Labute approximate surface area is 127 Å². The van der Waals surface area contributed by atoms with Crippen LogP contribution in [-0.2, 0) is 9.53 Å². The summed E-state index contributed by atoms with van der Waals surface area (Å²) >= 11 is 0. The standard InChI is InChI=1S/C15H30N2O4/c1-10(2)7-12(18)9-16-13(19)11(3)8-17-14(20)21-15(4,5)6/h10-12,18H,7-9H2,1-6H3,(H,16,19)(H,17,20)/t11-,12-/m1/s1. The molecule has 0 bridgehead atoms. The molecule has 3 N–H and O–H groups in total. The van der Waals surface area contributed by atoms with Crippen molar-refractivity contribution in [3.8, 4) is 0 Å². The van der Waals surface area contributed by atoms with E-state index in [9.17, 15) is 14.7 Å². The molecule has 0 unspecified atom stereocenters. The predicted molar refractivity (Wildman–Crippen MR) is 81.9 cm³/mol. The number of carbonyl (C=O) groups is 2. The summed E-state index contributed by atoms with van der Waals surface area (Å²) in [5, 5.41) is 14.9. The first kappa shape index (κ1) is 19.7. The third kappa shape index (κ3) is 11.1. The van der Waals surface area contributed by atoms with Crippen LogP contribution in [0.15, 0.2) is 0 Å². The number of carbonyl (C=O) groups excluding carboxylic acids is 2. The van der Waals surface area contributed by atoms with Gasteiger partial charge in [-0.05, 0) is 33.1 Å². The number of hydrogen-bond donors (Lipinski definition) is 3. The molecule has 21 heavy (non-hydrogen) atoms. The maximum absolute atomic E-state index is 11.8. The first-order valence-electron chi connectivity index (χ1n) is 7.44. The van der Waals surface area contributed by atoms with Crippen LogP contribution < -0.4 is 10.6 Å². The Morgan fingerprint density at radius 1 is 1.10 bits per heavy atom. The van der Waals surface area contributed by atoms with Crippen molar-refractivity contribution in [1.82, 2.24) is 10.6 Å². The van der Waals surface area contributed by atoms with Crippen LogP contribution in [-0.4, -0.2) is 41.9 Å². The first-order valence-corrected chi connectivity index (χ1v) is 7.44. The number of aliphatic hydroxyl groups is 1. The average molecular weight is 302 g/mol. The maximum atomic E-state index is 11.8. The van der Waals surface area contributed by atoms with E-state index in [0.717, 1.165) is 0 Å². The molecule has 0 aromatic carbocycles. The predicted octanol–water partition coefficient (Wildman–Crippen LogP) is 1.67. The highest BCUT2D eigenvalue weighted by molar-refractivity contribution is 5.79. The number of alkyl carbamates (subject to hydrolysis) is 1. The zero-order valence-electron chi connectivity index (χ0n) is 14.0. The molecule has 6 nitrogen and oxygen atoms in total. The highest BCUT2D eigenvalue weighted by atomic mass is 16.6. The van der Waals surface area contributed by atoms with Crippen molar-refractivity contribution in [2.45, 2.75) is 59.7 Å². The van der Waals surface area contributed by atoms with Crippen LogP contribution in [0, 0.1) is 11.8 Å². The van der Waals surface area contributed by atoms with E-state index in [2.05, 4.69) is 10.6 Å². The minimum Gasteiger partial charge on any atom is -0.444 e. The highest BCUT2D eigenvalue weighted by Gasteiger charge is 2.19. The molecule has 0 aliphatic rings. The van der Waals surface area contributed by atoms with Gasteiger partial charge >= 0.3 is 6.09 Å². The summed E-state index contributed by atoms with van der Waals surface area (Å²) in [5.74, 6) is -0.208. The van der Waals surface area contributed by atoms with Gasteiger partial charge in [0.15, 0.2) is 0 Å². The van der Waals surface area contributed by atoms with Gasteiger partial charge in [0.05, 0.1) is 12.0 Å². The van der Waals surface area contributed by atoms with Crippen molar-refractivity contribution < 1.29 is 19.4 Å². The molecule has 0 fully saturated rings. The van der Waals surface area contributed by atoms with Gasteiger partial charge < -0.3 is 20.5 Å². The minimum absolute atomic E-state index is 0.195. The lowest BCUT2D eigenvalue weighted by Crippen LogP contribution is -2.41. The van der Waals surface area contributed by atoms with Gasteiger partial charge in [0.25, 0.3) is 0 Å². The summed E-state index contributed by atoms with van der Waals surface area (Å²) in [5.41, 5.74) is -0.559. The highest BCUT2D eigenvalue weighted by Crippen LogP contribution is 2.07. The van der Waals surface area contributed by atoms with Crippen LogP contribution in [0.4, 0.5) is 4.79 Å². The summed E-state index contributed by atoms with van der Waals surface area (Å²) in [6.45, 7) is 11.5. The third-order valence-corrected chi connectivity index (χ3v) is 2.65. The Balaban J connectivity index is 3.98. The fraction of sp³-hybridized carbons (Fsp3) is 0.867. The molecule has 2 atom stereocenters. The molecule has 0 saturated heterocycles. The number of ether oxygens (including phenoxy) is 1. The molecule has 0 saturated carbocycles. The lowest BCUT2D eigenvalue weighted by atomic mass is 10.1. The largest absolute Gasteiger partial charge is 0.444 e. The van der Waals surface area contributed by atoms with Crippen LogP contribution >= 0.6 is 0 Å². The van der Waals surface area contributed by atoms with E-state index in [4.69, 9.17) is 4.74 Å². The van der Waals surface area contributed by atoms with Crippen molar-refractivity contribution in [1.29, 1.82) is 0 Å². The Bertz CT molecular complexity index is 337. The van der Waals surface area contributed by atoms with E-state index in [0.29, 0.717) is 12.3 Å². The first-order chi connectivity index (χ1) is 9.51. The van der Waals surface area contributed by atoms with Gasteiger partial charge in [-0.1, -0.05) is 20.8 Å². The van der Waals surface area contributed by atoms with E-state index < -0.39 is 17.8 Å². The Kier molecular flexibility index (Phi) is 8.32. The zero-order valence-corrected chi connectivity index (χ0v) is 14.0. The van der Waals surface area contributed by atoms with Crippen LogP contribution in [0.5, 0.6) is 0 Å². The van der Waals surface area contributed by atoms with Crippen LogP contribution in [0.1, 0.15) is 48.0 Å². The normalized spacial score (nSPS) is 14.5. The number of aliphatic hydroxyl groups excluding tert-OH is 1. The SMILES string of the molecule is CC(C)C[C@@H](O)CNC(=O)[C@H](C)CNC(=O)OC(C)(C)C. The van der Waals surface area contributed by atoms with Crippen LogP contribution in [0.25, 0.3) is 0 Å². The molecule has 0 spiro atoms. The zero-order chi connectivity index (χ0) is 16.6. The number of nitrogens with one attached hydrogen (secondary N) is 2. The van der Waals surface area contributed by atoms with Gasteiger partial charge in [-0.2, -0.15) is 0 Å². The third-order valence-electron chi connectivity index (χ3n) is 2.65. The molecule has 124 valence electrons. The maximum Gasteiger partial charge on any atom is 0.407 e. The Morgan fingerprint density at radius 2 is 1.67 bits per heavy atom. The summed E-state index contributed by atoms with van der Waals surface area (Å²) in [7, 11) is 0. The molecule has 2 amide bonds. The number of hydrogen-bond acceptors (Lipinski definition) is 4. The minimum atomic E-state index is -0.559. The van der Waals surface area contributed by atoms with Crippen LogP contribution in [0.2, 0.25) is 0 Å². The molecular weight excluding hydrogens is 272 g/mol. The van der Waals surface area contributed by atoms with Gasteiger partial charge in [-0.3, -0.25) is 4.79 Å². The lowest BCUT2D eigenvalue weighted by molar-refractivity contribution is -0.124. The van der Waals surface area contributed by atoms with E-state index in [1.54, 1.807) is 27.7 Å².